The zero-order chi connectivity index (χ0) is 15.7. The Balaban J connectivity index is 1.88. The van der Waals surface area contributed by atoms with Gasteiger partial charge in [0.25, 0.3) is 5.91 Å². The lowest BCUT2D eigenvalue weighted by Gasteiger charge is -2.17. The predicted molar refractivity (Wildman–Crippen MR) is 101 cm³/mol. The third-order valence-electron chi connectivity index (χ3n) is 3.26. The van der Waals surface area contributed by atoms with Crippen LogP contribution in [0.4, 0.5) is 11.4 Å². The first kappa shape index (κ1) is 15.3. The summed E-state index contributed by atoms with van der Waals surface area (Å²) in [5.41, 5.74) is 2.93. The lowest BCUT2D eigenvalue weighted by Crippen LogP contribution is -2.27. The Morgan fingerprint density at radius 1 is 1.18 bits per heavy atom. The van der Waals surface area contributed by atoms with Gasteiger partial charge >= 0.3 is 0 Å². The second-order valence-corrected chi connectivity index (χ2v) is 7.44. The van der Waals surface area contributed by atoms with Crippen molar-refractivity contribution in [1.29, 1.82) is 0 Å². The van der Waals surface area contributed by atoms with Crippen LogP contribution in [0.25, 0.3) is 6.08 Å². The molecule has 2 heterocycles. The van der Waals surface area contributed by atoms with Crippen molar-refractivity contribution in [3.8, 4) is 0 Å². The molecule has 0 unspecified atom stereocenters. The summed E-state index contributed by atoms with van der Waals surface area (Å²) in [6.07, 6.45) is 1.89. The minimum Gasteiger partial charge on any atom is -0.378 e. The molecule has 1 aromatic heterocycles. The number of hydrogen-bond acceptors (Lipinski definition) is 5. The summed E-state index contributed by atoms with van der Waals surface area (Å²) in [5, 5.41) is 4.00. The van der Waals surface area contributed by atoms with Gasteiger partial charge in [-0.2, -0.15) is 11.3 Å². The van der Waals surface area contributed by atoms with Gasteiger partial charge in [-0.25, -0.2) is 0 Å². The number of thiophene rings is 1. The van der Waals surface area contributed by atoms with Gasteiger partial charge in [0, 0.05) is 19.8 Å². The van der Waals surface area contributed by atoms with E-state index in [0.717, 1.165) is 16.9 Å². The van der Waals surface area contributed by atoms with Crippen LogP contribution in [0.15, 0.2) is 46.0 Å². The third kappa shape index (κ3) is 2.95. The molecule has 0 spiro atoms. The summed E-state index contributed by atoms with van der Waals surface area (Å²) in [4.78, 5) is 16.9. The van der Waals surface area contributed by atoms with Crippen LogP contribution in [0.3, 0.4) is 0 Å². The Kier molecular flexibility index (Phi) is 4.33. The Labute approximate surface area is 143 Å². The predicted octanol–water partition coefficient (Wildman–Crippen LogP) is 4.22. The molecule has 1 saturated heterocycles. The second kappa shape index (κ2) is 6.24. The molecule has 0 bridgehead atoms. The van der Waals surface area contributed by atoms with E-state index in [9.17, 15) is 4.79 Å². The molecule has 3 nitrogen and oxygen atoms in total. The van der Waals surface area contributed by atoms with Crippen molar-refractivity contribution < 1.29 is 4.79 Å². The van der Waals surface area contributed by atoms with Crippen LogP contribution in [0.2, 0.25) is 0 Å². The standard InChI is InChI=1S/C16H14N2OS3/c1-17(2)12-3-5-13(6-4-12)18-15(19)14(22-16(18)20)9-11-7-8-21-10-11/h3-10H,1-2H3/b14-9+. The second-order valence-electron chi connectivity index (χ2n) is 4.98. The number of hydrogen-bond donors (Lipinski definition) is 0. The monoisotopic (exact) mass is 346 g/mol. The number of thioether (sulfide) groups is 1. The Morgan fingerprint density at radius 2 is 1.91 bits per heavy atom. The first-order valence-corrected chi connectivity index (χ1v) is 8.80. The summed E-state index contributed by atoms with van der Waals surface area (Å²) in [6, 6.07) is 9.80. The van der Waals surface area contributed by atoms with E-state index in [-0.39, 0.29) is 5.91 Å². The van der Waals surface area contributed by atoms with Crippen LogP contribution < -0.4 is 9.80 Å². The van der Waals surface area contributed by atoms with Crippen molar-refractivity contribution in [3.63, 3.8) is 0 Å². The minimum absolute atomic E-state index is 0.0567. The van der Waals surface area contributed by atoms with Crippen molar-refractivity contribution >= 4 is 63.0 Å². The number of amides is 1. The normalized spacial score (nSPS) is 16.6. The van der Waals surface area contributed by atoms with E-state index in [2.05, 4.69) is 0 Å². The Hall–Kier alpha value is -1.63. The van der Waals surface area contributed by atoms with Gasteiger partial charge < -0.3 is 4.90 Å². The number of anilines is 2. The topological polar surface area (TPSA) is 23.6 Å². The van der Waals surface area contributed by atoms with Gasteiger partial charge in [0.2, 0.25) is 0 Å². The molecule has 1 aromatic carbocycles. The molecule has 0 saturated carbocycles. The van der Waals surface area contributed by atoms with Gasteiger partial charge in [-0.05, 0) is 52.7 Å². The summed E-state index contributed by atoms with van der Waals surface area (Å²) in [7, 11) is 3.97. The molecule has 1 aliphatic rings. The van der Waals surface area contributed by atoms with Crippen LogP contribution in [-0.2, 0) is 4.79 Å². The molecule has 6 heteroatoms. The third-order valence-corrected chi connectivity index (χ3v) is 5.26. The van der Waals surface area contributed by atoms with Gasteiger partial charge in [-0.3, -0.25) is 9.69 Å². The number of benzene rings is 1. The van der Waals surface area contributed by atoms with E-state index in [4.69, 9.17) is 12.2 Å². The molecule has 22 heavy (non-hydrogen) atoms. The van der Waals surface area contributed by atoms with Crippen molar-refractivity contribution in [1.82, 2.24) is 0 Å². The summed E-state index contributed by atoms with van der Waals surface area (Å²) in [5.74, 6) is -0.0567. The van der Waals surface area contributed by atoms with E-state index < -0.39 is 0 Å². The molecular weight excluding hydrogens is 332 g/mol. The highest BCUT2D eigenvalue weighted by Crippen LogP contribution is 2.36. The maximum atomic E-state index is 12.6. The first-order chi connectivity index (χ1) is 10.6. The fourth-order valence-corrected chi connectivity index (χ4v) is 4.02. The average Bonchev–Trinajstić information content (AvgIpc) is 3.09. The zero-order valence-corrected chi connectivity index (χ0v) is 14.6. The van der Waals surface area contributed by atoms with Crippen molar-refractivity contribution in [2.75, 3.05) is 23.9 Å². The molecule has 0 aliphatic carbocycles. The summed E-state index contributed by atoms with van der Waals surface area (Å²) < 4.78 is 0.573. The number of nitrogens with zero attached hydrogens (tertiary/aromatic N) is 2. The smallest absolute Gasteiger partial charge is 0.270 e. The minimum atomic E-state index is -0.0567. The molecule has 0 atom stereocenters. The lowest BCUT2D eigenvalue weighted by molar-refractivity contribution is -0.113. The number of thiocarbonyl (C=S) groups is 1. The molecule has 112 valence electrons. The molecule has 1 aliphatic heterocycles. The number of carbonyl (C=O) groups excluding carboxylic acids is 1. The summed E-state index contributed by atoms with van der Waals surface area (Å²) >= 11 is 8.33. The highest BCUT2D eigenvalue weighted by atomic mass is 32.2. The van der Waals surface area contributed by atoms with E-state index in [0.29, 0.717) is 9.23 Å². The van der Waals surface area contributed by atoms with Crippen LogP contribution in [0, 0.1) is 0 Å². The number of rotatable bonds is 3. The maximum Gasteiger partial charge on any atom is 0.270 e. The van der Waals surface area contributed by atoms with Gasteiger partial charge in [-0.1, -0.05) is 24.0 Å². The van der Waals surface area contributed by atoms with Gasteiger partial charge in [0.15, 0.2) is 4.32 Å². The molecule has 3 rings (SSSR count). The van der Waals surface area contributed by atoms with Crippen LogP contribution in [0.5, 0.6) is 0 Å². The first-order valence-electron chi connectivity index (χ1n) is 6.64. The zero-order valence-electron chi connectivity index (χ0n) is 12.1. The fourth-order valence-electron chi connectivity index (χ4n) is 2.10. The van der Waals surface area contributed by atoms with Crippen molar-refractivity contribution in [2.24, 2.45) is 0 Å². The Morgan fingerprint density at radius 3 is 2.50 bits per heavy atom. The molecule has 2 aromatic rings. The molecule has 1 amide bonds. The molecular formula is C16H14N2OS3. The van der Waals surface area contributed by atoms with E-state index in [1.54, 1.807) is 16.2 Å². The van der Waals surface area contributed by atoms with Gasteiger partial charge in [0.1, 0.15) is 0 Å². The van der Waals surface area contributed by atoms with E-state index >= 15 is 0 Å². The molecule has 0 N–H and O–H groups in total. The van der Waals surface area contributed by atoms with Crippen molar-refractivity contribution in [2.45, 2.75) is 0 Å². The molecule has 0 radical (unpaired) electrons. The largest absolute Gasteiger partial charge is 0.378 e. The average molecular weight is 347 g/mol. The van der Waals surface area contributed by atoms with Crippen LogP contribution in [0.1, 0.15) is 5.56 Å². The van der Waals surface area contributed by atoms with Crippen LogP contribution >= 0.6 is 35.3 Å². The molecule has 1 fully saturated rings. The Bertz CT molecular complexity index is 733. The maximum absolute atomic E-state index is 12.6. The highest BCUT2D eigenvalue weighted by molar-refractivity contribution is 8.27. The van der Waals surface area contributed by atoms with Gasteiger partial charge in [0.05, 0.1) is 10.6 Å². The fraction of sp³-hybridized carbons (Fsp3) is 0.125. The SMILES string of the molecule is CN(C)c1ccc(N2C(=O)/C(=C\c3ccsc3)SC2=S)cc1. The van der Waals surface area contributed by atoms with Gasteiger partial charge in [-0.15, -0.1) is 0 Å². The lowest BCUT2D eigenvalue weighted by atomic mass is 10.2. The van der Waals surface area contributed by atoms with E-state index in [1.807, 2.05) is 66.2 Å². The number of carbonyl (C=O) groups is 1. The van der Waals surface area contributed by atoms with E-state index in [1.165, 1.54) is 11.8 Å². The summed E-state index contributed by atoms with van der Waals surface area (Å²) in [6.45, 7) is 0. The highest BCUT2D eigenvalue weighted by Gasteiger charge is 2.33. The van der Waals surface area contributed by atoms with Crippen molar-refractivity contribution in [3.05, 3.63) is 51.6 Å². The quantitative estimate of drug-likeness (QED) is 0.613. The van der Waals surface area contributed by atoms with Crippen LogP contribution in [-0.4, -0.2) is 24.3 Å².